The summed E-state index contributed by atoms with van der Waals surface area (Å²) in [5, 5.41) is 15.4. The Bertz CT molecular complexity index is 1470. The average molecular weight is 435 g/mol. The Kier molecular flexibility index (Phi) is 3.99. The van der Waals surface area contributed by atoms with Gasteiger partial charge < -0.3 is 15.8 Å². The van der Waals surface area contributed by atoms with E-state index in [4.69, 9.17) is 17.3 Å². The molecule has 0 spiro atoms. The van der Waals surface area contributed by atoms with Crippen molar-refractivity contribution in [1.29, 1.82) is 0 Å². The predicted octanol–water partition coefficient (Wildman–Crippen LogP) is 2.71. The van der Waals surface area contributed by atoms with E-state index in [-0.39, 0.29) is 28.1 Å². The number of benzene rings is 1. The predicted molar refractivity (Wildman–Crippen MR) is 115 cm³/mol. The van der Waals surface area contributed by atoms with E-state index in [2.05, 4.69) is 20.1 Å². The van der Waals surface area contributed by atoms with E-state index in [1.807, 2.05) is 0 Å². The van der Waals surface area contributed by atoms with Crippen LogP contribution in [-0.2, 0) is 17.3 Å². The molecule has 4 N–H and O–H groups in total. The van der Waals surface area contributed by atoms with Crippen molar-refractivity contribution in [3.05, 3.63) is 65.0 Å². The Labute approximate surface area is 179 Å². The molecule has 1 aliphatic carbocycles. The highest BCUT2D eigenvalue weighted by molar-refractivity contribution is 6.31. The number of fused-ring (bicyclic) bond motifs is 2. The molecular weight excluding hydrogens is 420 g/mol. The third kappa shape index (κ3) is 2.67. The first-order valence-corrected chi connectivity index (χ1v) is 9.62. The molecular formula is C21H15ClN6O3. The summed E-state index contributed by atoms with van der Waals surface area (Å²) >= 11 is 6.15. The number of carbonyl (C=O) groups excluding carboxylic acids is 1. The normalized spacial score (nSPS) is 14.6. The second-order valence-electron chi connectivity index (χ2n) is 7.21. The molecule has 1 amide bonds. The SMILES string of the molecule is Cn1nc(-c2nc3c(C(=O)O)c[nH]c3nc2C2(C(N)=O)C=CC=C2)c2ccc(Cl)cc21. The molecule has 31 heavy (non-hydrogen) atoms. The van der Waals surface area contributed by atoms with Gasteiger partial charge in [-0.1, -0.05) is 35.9 Å². The molecule has 0 radical (unpaired) electrons. The summed E-state index contributed by atoms with van der Waals surface area (Å²) in [6.07, 6.45) is 7.99. The number of aromatic carboxylic acids is 1. The van der Waals surface area contributed by atoms with Crippen LogP contribution >= 0.6 is 11.6 Å². The third-order valence-electron chi connectivity index (χ3n) is 5.40. The second-order valence-corrected chi connectivity index (χ2v) is 7.65. The fraction of sp³-hybridized carbons (Fsp3) is 0.0952. The van der Waals surface area contributed by atoms with Crippen LogP contribution in [0, 0.1) is 0 Å². The molecule has 0 saturated carbocycles. The maximum atomic E-state index is 12.6. The molecule has 0 aliphatic heterocycles. The van der Waals surface area contributed by atoms with E-state index in [0.717, 1.165) is 10.9 Å². The van der Waals surface area contributed by atoms with Crippen LogP contribution in [0.3, 0.4) is 0 Å². The number of carboxylic acid groups (broad SMARTS) is 1. The number of aryl methyl sites for hydroxylation is 1. The summed E-state index contributed by atoms with van der Waals surface area (Å²) in [5.41, 5.74) is 6.49. The first-order chi connectivity index (χ1) is 14.8. The fourth-order valence-corrected chi connectivity index (χ4v) is 4.03. The van der Waals surface area contributed by atoms with Crippen molar-refractivity contribution >= 4 is 45.5 Å². The standard InChI is InChI=1S/C21H15ClN6O3/c1-28-13-8-10(22)4-5-11(13)14(27-28)16-17(21(20(23)31)6-2-3-7-21)26-18-15(25-16)12(9-24-18)19(29)30/h2-9H,1H3,(H2,23,31)(H,24,26)(H,29,30). The number of nitrogens with two attached hydrogens (primary N) is 1. The van der Waals surface area contributed by atoms with E-state index in [1.54, 1.807) is 54.2 Å². The minimum Gasteiger partial charge on any atom is -0.478 e. The molecule has 5 rings (SSSR count). The van der Waals surface area contributed by atoms with Gasteiger partial charge >= 0.3 is 5.97 Å². The molecule has 3 aromatic heterocycles. The number of primary amides is 1. The van der Waals surface area contributed by atoms with Crippen LogP contribution in [0.1, 0.15) is 16.1 Å². The van der Waals surface area contributed by atoms with Gasteiger partial charge in [-0.2, -0.15) is 5.10 Å². The maximum absolute atomic E-state index is 12.6. The summed E-state index contributed by atoms with van der Waals surface area (Å²) in [6.45, 7) is 0. The molecule has 4 aromatic rings. The van der Waals surface area contributed by atoms with Crippen LogP contribution in [0.2, 0.25) is 5.02 Å². The first kappa shape index (κ1) is 19.0. The number of hydrogen-bond donors (Lipinski definition) is 3. The van der Waals surface area contributed by atoms with Crippen molar-refractivity contribution in [2.24, 2.45) is 12.8 Å². The lowest BCUT2D eigenvalue weighted by atomic mass is 9.83. The highest BCUT2D eigenvalue weighted by Crippen LogP contribution is 2.39. The van der Waals surface area contributed by atoms with Crippen LogP contribution in [0.4, 0.5) is 0 Å². The molecule has 1 aliphatic rings. The summed E-state index contributed by atoms with van der Waals surface area (Å²) in [4.78, 5) is 36.3. The molecule has 0 saturated heterocycles. The van der Waals surface area contributed by atoms with Crippen LogP contribution < -0.4 is 5.73 Å². The fourth-order valence-electron chi connectivity index (χ4n) is 3.86. The number of carboxylic acids is 1. The largest absolute Gasteiger partial charge is 0.478 e. The Hall–Kier alpha value is -3.98. The number of hydrogen-bond acceptors (Lipinski definition) is 5. The van der Waals surface area contributed by atoms with Gasteiger partial charge in [-0.05, 0) is 18.2 Å². The zero-order valence-electron chi connectivity index (χ0n) is 16.1. The Morgan fingerprint density at radius 2 is 1.94 bits per heavy atom. The monoisotopic (exact) mass is 434 g/mol. The summed E-state index contributed by atoms with van der Waals surface area (Å²) < 4.78 is 1.64. The number of aromatic amines is 1. The number of carbonyl (C=O) groups is 2. The van der Waals surface area contributed by atoms with Gasteiger partial charge in [0.15, 0.2) is 5.65 Å². The van der Waals surface area contributed by atoms with Crippen molar-refractivity contribution in [3.8, 4) is 11.4 Å². The summed E-state index contributed by atoms with van der Waals surface area (Å²) in [6, 6.07) is 5.28. The highest BCUT2D eigenvalue weighted by atomic mass is 35.5. The number of amides is 1. The van der Waals surface area contributed by atoms with Crippen LogP contribution in [0.25, 0.3) is 33.5 Å². The number of halogens is 1. The van der Waals surface area contributed by atoms with Gasteiger partial charge in [0.05, 0.1) is 11.2 Å². The molecule has 1 aromatic carbocycles. The topological polar surface area (TPSA) is 140 Å². The number of nitrogens with zero attached hydrogens (tertiary/aromatic N) is 4. The number of nitrogens with one attached hydrogen (secondary N) is 1. The van der Waals surface area contributed by atoms with Crippen molar-refractivity contribution in [2.45, 2.75) is 5.41 Å². The van der Waals surface area contributed by atoms with E-state index in [1.165, 1.54) is 6.20 Å². The van der Waals surface area contributed by atoms with E-state index < -0.39 is 17.3 Å². The summed E-state index contributed by atoms with van der Waals surface area (Å²) in [5.74, 6) is -1.79. The second kappa shape index (κ2) is 6.51. The molecule has 10 heteroatoms. The smallest absolute Gasteiger partial charge is 0.339 e. The van der Waals surface area contributed by atoms with E-state index in [9.17, 15) is 14.7 Å². The molecule has 154 valence electrons. The van der Waals surface area contributed by atoms with Crippen LogP contribution in [0.5, 0.6) is 0 Å². The minimum atomic E-state index is -1.35. The lowest BCUT2D eigenvalue weighted by molar-refractivity contribution is -0.120. The average Bonchev–Trinajstić information content (AvgIpc) is 3.44. The van der Waals surface area contributed by atoms with Crippen molar-refractivity contribution < 1.29 is 14.7 Å². The maximum Gasteiger partial charge on any atom is 0.339 e. The zero-order valence-corrected chi connectivity index (χ0v) is 16.9. The molecule has 3 heterocycles. The highest BCUT2D eigenvalue weighted by Gasteiger charge is 2.41. The van der Waals surface area contributed by atoms with Gasteiger partial charge in [0.1, 0.15) is 27.9 Å². The van der Waals surface area contributed by atoms with E-state index >= 15 is 0 Å². The molecule has 9 nitrogen and oxygen atoms in total. The Morgan fingerprint density at radius 1 is 1.19 bits per heavy atom. The molecule has 0 atom stereocenters. The summed E-state index contributed by atoms with van der Waals surface area (Å²) in [7, 11) is 1.76. The molecule has 0 unspecified atom stereocenters. The van der Waals surface area contributed by atoms with Crippen molar-refractivity contribution in [2.75, 3.05) is 0 Å². The molecule has 0 bridgehead atoms. The van der Waals surface area contributed by atoms with Gasteiger partial charge in [-0.3, -0.25) is 9.48 Å². The number of rotatable bonds is 4. The lowest BCUT2D eigenvalue weighted by Gasteiger charge is -2.22. The minimum absolute atomic E-state index is 0.0378. The van der Waals surface area contributed by atoms with Gasteiger partial charge in [-0.25, -0.2) is 14.8 Å². The third-order valence-corrected chi connectivity index (χ3v) is 5.64. The van der Waals surface area contributed by atoms with Gasteiger partial charge in [-0.15, -0.1) is 0 Å². The van der Waals surface area contributed by atoms with Gasteiger partial charge in [0.2, 0.25) is 5.91 Å². The Morgan fingerprint density at radius 3 is 2.61 bits per heavy atom. The van der Waals surface area contributed by atoms with Crippen molar-refractivity contribution in [3.63, 3.8) is 0 Å². The number of H-pyrrole nitrogens is 1. The van der Waals surface area contributed by atoms with Crippen LogP contribution in [0.15, 0.2) is 48.7 Å². The quantitative estimate of drug-likeness (QED) is 0.451. The zero-order chi connectivity index (χ0) is 21.9. The number of allylic oxidation sites excluding steroid dienone is 2. The molecule has 0 fully saturated rings. The lowest BCUT2D eigenvalue weighted by Crippen LogP contribution is -2.38. The van der Waals surface area contributed by atoms with Crippen molar-refractivity contribution in [1.82, 2.24) is 24.7 Å². The van der Waals surface area contributed by atoms with E-state index in [0.29, 0.717) is 10.7 Å². The number of aromatic nitrogens is 5. The van der Waals surface area contributed by atoms with Gasteiger partial charge in [0, 0.05) is 23.7 Å². The van der Waals surface area contributed by atoms with Gasteiger partial charge in [0.25, 0.3) is 0 Å². The first-order valence-electron chi connectivity index (χ1n) is 9.24. The Balaban J connectivity index is 1.92. The van der Waals surface area contributed by atoms with Crippen LogP contribution in [-0.4, -0.2) is 41.7 Å².